The van der Waals surface area contributed by atoms with Crippen LogP contribution < -0.4 is 0 Å². The molecular weight excluding hydrogens is 268 g/mol. The van der Waals surface area contributed by atoms with Crippen molar-refractivity contribution >= 4 is 23.5 Å². The van der Waals surface area contributed by atoms with Gasteiger partial charge in [-0.3, -0.25) is 9.59 Å². The smallest absolute Gasteiger partial charge is 0.303 e. The first-order valence-corrected chi connectivity index (χ1v) is 5.96. The molecule has 0 saturated heterocycles. The number of amides is 1. The predicted octanol–water partition coefficient (Wildman–Crippen LogP) is 2.23. The summed E-state index contributed by atoms with van der Waals surface area (Å²) in [5.41, 5.74) is 0.637. The zero-order valence-corrected chi connectivity index (χ0v) is 11.1. The van der Waals surface area contributed by atoms with E-state index in [1.54, 1.807) is 24.3 Å². The van der Waals surface area contributed by atoms with Crippen molar-refractivity contribution in [2.45, 2.75) is 18.9 Å². The lowest BCUT2D eigenvalue weighted by Gasteiger charge is -2.22. The number of benzene rings is 1. The molecule has 6 heteroatoms. The van der Waals surface area contributed by atoms with E-state index in [1.807, 2.05) is 6.07 Å². The summed E-state index contributed by atoms with van der Waals surface area (Å²) in [5.74, 6) is -1.43. The maximum atomic E-state index is 11.8. The number of hydrogen-bond donors (Lipinski definition) is 1. The monoisotopic (exact) mass is 280 g/mol. The number of nitrogens with zero attached hydrogens (tertiary/aromatic N) is 2. The molecular formula is C13H13ClN2O3. The number of carboxylic acid groups (broad SMARTS) is 1. The molecule has 1 atom stereocenters. The zero-order valence-electron chi connectivity index (χ0n) is 10.3. The van der Waals surface area contributed by atoms with E-state index in [-0.39, 0.29) is 18.7 Å². The van der Waals surface area contributed by atoms with E-state index in [1.165, 1.54) is 11.9 Å². The maximum absolute atomic E-state index is 11.8. The SMILES string of the molecule is CN(C(=O)CCC(=O)O)C(C#N)c1ccc(Cl)cc1. The molecule has 0 radical (unpaired) electrons. The quantitative estimate of drug-likeness (QED) is 0.897. The van der Waals surface area contributed by atoms with Crippen LogP contribution in [0.5, 0.6) is 0 Å². The Morgan fingerprint density at radius 1 is 1.37 bits per heavy atom. The number of rotatable bonds is 5. The van der Waals surface area contributed by atoms with Gasteiger partial charge in [0.25, 0.3) is 0 Å². The lowest BCUT2D eigenvalue weighted by atomic mass is 10.1. The van der Waals surface area contributed by atoms with Gasteiger partial charge >= 0.3 is 5.97 Å². The average molecular weight is 281 g/mol. The molecule has 0 saturated carbocycles. The second-order valence-corrected chi connectivity index (χ2v) is 4.42. The molecule has 1 unspecified atom stereocenters. The van der Waals surface area contributed by atoms with Gasteiger partial charge in [-0.15, -0.1) is 0 Å². The molecule has 0 bridgehead atoms. The summed E-state index contributed by atoms with van der Waals surface area (Å²) >= 11 is 5.76. The van der Waals surface area contributed by atoms with Gasteiger partial charge < -0.3 is 10.0 Å². The fourth-order valence-electron chi connectivity index (χ4n) is 1.56. The first-order chi connectivity index (χ1) is 8.95. The Labute approximate surface area is 116 Å². The zero-order chi connectivity index (χ0) is 14.4. The molecule has 0 fully saturated rings. The van der Waals surface area contributed by atoms with Gasteiger partial charge in [-0.2, -0.15) is 5.26 Å². The van der Waals surface area contributed by atoms with Crippen LogP contribution in [0.15, 0.2) is 24.3 Å². The highest BCUT2D eigenvalue weighted by atomic mass is 35.5. The van der Waals surface area contributed by atoms with Gasteiger partial charge in [0.2, 0.25) is 5.91 Å². The van der Waals surface area contributed by atoms with Gasteiger partial charge in [-0.25, -0.2) is 0 Å². The maximum Gasteiger partial charge on any atom is 0.303 e. The van der Waals surface area contributed by atoms with Crippen molar-refractivity contribution < 1.29 is 14.7 Å². The molecule has 1 aromatic carbocycles. The molecule has 0 aliphatic heterocycles. The number of carbonyl (C=O) groups excluding carboxylic acids is 1. The molecule has 100 valence electrons. The van der Waals surface area contributed by atoms with Crippen LogP contribution in [0, 0.1) is 11.3 Å². The van der Waals surface area contributed by atoms with Gasteiger partial charge in [0, 0.05) is 18.5 Å². The Bertz CT molecular complexity index is 508. The highest BCUT2D eigenvalue weighted by Gasteiger charge is 2.21. The standard InChI is InChI=1S/C13H13ClN2O3/c1-16(12(17)6-7-13(18)19)11(8-15)9-2-4-10(14)5-3-9/h2-5,11H,6-7H2,1H3,(H,18,19). The lowest BCUT2D eigenvalue weighted by Crippen LogP contribution is -2.30. The molecule has 1 amide bonds. The molecule has 0 heterocycles. The second-order valence-electron chi connectivity index (χ2n) is 3.98. The van der Waals surface area contributed by atoms with Crippen molar-refractivity contribution in [3.05, 3.63) is 34.9 Å². The molecule has 0 aliphatic carbocycles. The van der Waals surface area contributed by atoms with E-state index in [0.717, 1.165) is 0 Å². The highest BCUT2D eigenvalue weighted by molar-refractivity contribution is 6.30. The van der Waals surface area contributed by atoms with Crippen molar-refractivity contribution in [2.75, 3.05) is 7.05 Å². The molecule has 1 rings (SSSR count). The Hall–Kier alpha value is -2.06. The van der Waals surface area contributed by atoms with Gasteiger partial charge in [-0.1, -0.05) is 23.7 Å². The van der Waals surface area contributed by atoms with Crippen molar-refractivity contribution in [1.82, 2.24) is 4.90 Å². The van der Waals surface area contributed by atoms with E-state index >= 15 is 0 Å². The number of carboxylic acids is 1. The van der Waals surface area contributed by atoms with E-state index in [0.29, 0.717) is 10.6 Å². The van der Waals surface area contributed by atoms with Crippen LogP contribution in [0.4, 0.5) is 0 Å². The van der Waals surface area contributed by atoms with E-state index in [4.69, 9.17) is 22.0 Å². The van der Waals surface area contributed by atoms with Crippen molar-refractivity contribution in [1.29, 1.82) is 5.26 Å². The summed E-state index contributed by atoms with van der Waals surface area (Å²) in [5, 5.41) is 18.2. The molecule has 1 N–H and O–H groups in total. The summed E-state index contributed by atoms with van der Waals surface area (Å²) in [6, 6.07) is 7.87. The van der Waals surface area contributed by atoms with E-state index in [2.05, 4.69) is 0 Å². The van der Waals surface area contributed by atoms with Crippen LogP contribution in [0.2, 0.25) is 5.02 Å². The van der Waals surface area contributed by atoms with Crippen LogP contribution in [0.25, 0.3) is 0 Å². The Balaban J connectivity index is 2.79. The van der Waals surface area contributed by atoms with Crippen LogP contribution >= 0.6 is 11.6 Å². The Morgan fingerprint density at radius 3 is 2.42 bits per heavy atom. The topological polar surface area (TPSA) is 81.4 Å². The third-order valence-corrected chi connectivity index (χ3v) is 2.89. The highest BCUT2D eigenvalue weighted by Crippen LogP contribution is 2.21. The molecule has 0 spiro atoms. The minimum Gasteiger partial charge on any atom is -0.481 e. The predicted molar refractivity (Wildman–Crippen MR) is 69.4 cm³/mol. The summed E-state index contributed by atoms with van der Waals surface area (Å²) < 4.78 is 0. The van der Waals surface area contributed by atoms with Crippen molar-refractivity contribution in [3.63, 3.8) is 0 Å². The van der Waals surface area contributed by atoms with Crippen molar-refractivity contribution in [2.24, 2.45) is 0 Å². The Kier molecular flexibility index (Phi) is 5.34. The Morgan fingerprint density at radius 2 is 1.95 bits per heavy atom. The minimum atomic E-state index is -1.04. The third kappa shape index (κ3) is 4.27. The number of carbonyl (C=O) groups is 2. The van der Waals surface area contributed by atoms with Gasteiger partial charge in [0.15, 0.2) is 0 Å². The largest absolute Gasteiger partial charge is 0.481 e. The second kappa shape index (κ2) is 6.76. The number of aliphatic carboxylic acids is 1. The number of halogens is 1. The van der Waals surface area contributed by atoms with Gasteiger partial charge in [-0.05, 0) is 17.7 Å². The first kappa shape index (κ1) is 15.0. The van der Waals surface area contributed by atoms with Crippen LogP contribution in [-0.4, -0.2) is 28.9 Å². The van der Waals surface area contributed by atoms with Gasteiger partial charge in [0.1, 0.15) is 6.04 Å². The van der Waals surface area contributed by atoms with E-state index in [9.17, 15) is 9.59 Å². The summed E-state index contributed by atoms with van der Waals surface area (Å²) in [7, 11) is 1.48. The summed E-state index contributed by atoms with van der Waals surface area (Å²) in [4.78, 5) is 23.4. The normalized spacial score (nSPS) is 11.4. The van der Waals surface area contributed by atoms with Gasteiger partial charge in [0.05, 0.1) is 12.5 Å². The lowest BCUT2D eigenvalue weighted by molar-refractivity contribution is -0.140. The van der Waals surface area contributed by atoms with Crippen LogP contribution in [0.1, 0.15) is 24.4 Å². The molecule has 0 aliphatic rings. The van der Waals surface area contributed by atoms with E-state index < -0.39 is 12.0 Å². The average Bonchev–Trinajstić information content (AvgIpc) is 2.38. The molecule has 19 heavy (non-hydrogen) atoms. The number of hydrogen-bond acceptors (Lipinski definition) is 3. The summed E-state index contributed by atoms with van der Waals surface area (Å²) in [6.45, 7) is 0. The molecule has 0 aromatic heterocycles. The minimum absolute atomic E-state index is 0.127. The number of nitriles is 1. The van der Waals surface area contributed by atoms with Crippen LogP contribution in [-0.2, 0) is 9.59 Å². The van der Waals surface area contributed by atoms with Crippen molar-refractivity contribution in [3.8, 4) is 6.07 Å². The fourth-order valence-corrected chi connectivity index (χ4v) is 1.69. The molecule has 5 nitrogen and oxygen atoms in total. The third-order valence-electron chi connectivity index (χ3n) is 2.64. The molecule has 1 aromatic rings. The van der Waals surface area contributed by atoms with Crippen LogP contribution in [0.3, 0.4) is 0 Å². The summed E-state index contributed by atoms with van der Waals surface area (Å²) in [6.07, 6.45) is -0.375. The first-order valence-electron chi connectivity index (χ1n) is 5.58. The fraction of sp³-hybridized carbons (Fsp3) is 0.308.